The van der Waals surface area contributed by atoms with E-state index in [0.29, 0.717) is 0 Å². The van der Waals surface area contributed by atoms with Crippen LogP contribution in [0.15, 0.2) is 243 Å². The second kappa shape index (κ2) is 14.8. The Balaban J connectivity index is 1.13. The van der Waals surface area contributed by atoms with Gasteiger partial charge in [0.15, 0.2) is 0 Å². The van der Waals surface area contributed by atoms with E-state index in [1.54, 1.807) is 0 Å². The van der Waals surface area contributed by atoms with Gasteiger partial charge in [-0.25, -0.2) is 0 Å². The molecule has 0 radical (unpaired) electrons. The van der Waals surface area contributed by atoms with E-state index in [0.717, 1.165) is 16.9 Å². The van der Waals surface area contributed by atoms with Gasteiger partial charge >= 0.3 is 0 Å². The highest BCUT2D eigenvalue weighted by molar-refractivity contribution is 6.17. The SMILES string of the molecule is c1ccc(-c2cccc(-c3cccc(-c4cccc(-c5ccccc5)c4)c3-n3c4ccccc4c4cc(-n5c6ccccc6c6c(-c7ccccc7)cccc65)ccc43)c2)cc1. The molecule has 62 heavy (non-hydrogen) atoms. The Kier molecular flexibility index (Phi) is 8.53. The second-order valence-corrected chi connectivity index (χ2v) is 16.1. The monoisotopic (exact) mass is 788 g/mol. The molecule has 10 aromatic carbocycles. The van der Waals surface area contributed by atoms with E-state index in [1.165, 1.54) is 93.7 Å². The zero-order chi connectivity index (χ0) is 41.0. The summed E-state index contributed by atoms with van der Waals surface area (Å²) in [5.74, 6) is 0. The highest BCUT2D eigenvalue weighted by atomic mass is 15.0. The van der Waals surface area contributed by atoms with Crippen molar-refractivity contribution in [1.29, 1.82) is 0 Å². The van der Waals surface area contributed by atoms with Crippen LogP contribution in [0.2, 0.25) is 0 Å². The molecule has 0 aliphatic rings. The van der Waals surface area contributed by atoms with E-state index in [9.17, 15) is 0 Å². The molecule has 0 bridgehead atoms. The fourth-order valence-corrected chi connectivity index (χ4v) is 9.74. The van der Waals surface area contributed by atoms with Gasteiger partial charge in [0, 0.05) is 38.4 Å². The molecule has 0 fully saturated rings. The van der Waals surface area contributed by atoms with Gasteiger partial charge in [-0.05, 0) is 93.0 Å². The number of hydrogen-bond donors (Lipinski definition) is 0. The van der Waals surface area contributed by atoms with Crippen molar-refractivity contribution < 1.29 is 0 Å². The first-order chi connectivity index (χ1) is 30.8. The number of aromatic nitrogens is 2. The van der Waals surface area contributed by atoms with Gasteiger partial charge in [-0.15, -0.1) is 0 Å². The predicted octanol–water partition coefficient (Wildman–Crippen LogP) is 16.2. The van der Waals surface area contributed by atoms with E-state index in [4.69, 9.17) is 0 Å². The third-order valence-corrected chi connectivity index (χ3v) is 12.5. The minimum absolute atomic E-state index is 1.14. The van der Waals surface area contributed by atoms with Crippen LogP contribution in [0, 0.1) is 0 Å². The third-order valence-electron chi connectivity index (χ3n) is 12.5. The van der Waals surface area contributed by atoms with Crippen molar-refractivity contribution in [3.63, 3.8) is 0 Å². The Labute approximate surface area is 360 Å². The molecule has 290 valence electrons. The van der Waals surface area contributed by atoms with Gasteiger partial charge in [0.1, 0.15) is 0 Å². The molecule has 0 saturated heterocycles. The summed E-state index contributed by atoms with van der Waals surface area (Å²) in [6.45, 7) is 0. The number of fused-ring (bicyclic) bond motifs is 6. The molecule has 0 amide bonds. The van der Waals surface area contributed by atoms with Crippen molar-refractivity contribution in [3.8, 4) is 67.0 Å². The molecule has 0 N–H and O–H groups in total. The van der Waals surface area contributed by atoms with Crippen molar-refractivity contribution in [2.75, 3.05) is 0 Å². The molecule has 0 spiro atoms. The normalized spacial score (nSPS) is 11.5. The molecule has 2 heterocycles. The molecule has 2 aromatic heterocycles. The predicted molar refractivity (Wildman–Crippen MR) is 262 cm³/mol. The van der Waals surface area contributed by atoms with Gasteiger partial charge < -0.3 is 9.13 Å². The van der Waals surface area contributed by atoms with Crippen molar-refractivity contribution in [3.05, 3.63) is 243 Å². The Morgan fingerprint density at radius 1 is 0.226 bits per heavy atom. The minimum atomic E-state index is 1.14. The van der Waals surface area contributed by atoms with Crippen molar-refractivity contribution in [1.82, 2.24) is 9.13 Å². The van der Waals surface area contributed by atoms with Gasteiger partial charge in [-0.3, -0.25) is 0 Å². The average molecular weight is 789 g/mol. The standard InChI is InChI=1S/C60H40N2/c1-4-18-41(19-5-1)44-24-14-26-46(38-44)50-31-16-32-51(47-27-15-25-45(39-47)42-20-6-2-7-21-42)60(50)62-55-33-12-10-28-52(55)54-40-48(36-37-57(54)62)61-56-34-13-11-29-53(56)59-49(30-17-35-58(59)61)43-22-8-3-9-23-43/h1-40H. The summed E-state index contributed by atoms with van der Waals surface area (Å²) in [6, 6.07) is 88.5. The summed E-state index contributed by atoms with van der Waals surface area (Å²) in [4.78, 5) is 0. The van der Waals surface area contributed by atoms with Crippen LogP contribution in [-0.2, 0) is 0 Å². The van der Waals surface area contributed by atoms with Gasteiger partial charge in [0.05, 0.1) is 27.8 Å². The smallest absolute Gasteiger partial charge is 0.0618 e. The van der Waals surface area contributed by atoms with E-state index in [1.807, 2.05) is 0 Å². The van der Waals surface area contributed by atoms with Crippen LogP contribution in [-0.4, -0.2) is 9.13 Å². The summed E-state index contributed by atoms with van der Waals surface area (Å²) >= 11 is 0. The summed E-state index contributed by atoms with van der Waals surface area (Å²) in [7, 11) is 0. The summed E-state index contributed by atoms with van der Waals surface area (Å²) in [6.07, 6.45) is 0. The van der Waals surface area contributed by atoms with Gasteiger partial charge in [-0.1, -0.05) is 194 Å². The maximum absolute atomic E-state index is 2.52. The molecule has 12 rings (SSSR count). The molecule has 0 unspecified atom stereocenters. The summed E-state index contributed by atoms with van der Waals surface area (Å²) in [5.41, 5.74) is 19.0. The quantitative estimate of drug-likeness (QED) is 0.152. The van der Waals surface area contributed by atoms with Crippen LogP contribution >= 0.6 is 0 Å². The number of benzene rings is 10. The molecule has 0 saturated carbocycles. The molecular formula is C60H40N2. The zero-order valence-corrected chi connectivity index (χ0v) is 34.0. The van der Waals surface area contributed by atoms with Crippen molar-refractivity contribution >= 4 is 43.6 Å². The largest absolute Gasteiger partial charge is 0.309 e. The van der Waals surface area contributed by atoms with E-state index in [2.05, 4.69) is 252 Å². The fourth-order valence-electron chi connectivity index (χ4n) is 9.74. The van der Waals surface area contributed by atoms with Crippen molar-refractivity contribution in [2.45, 2.75) is 0 Å². The second-order valence-electron chi connectivity index (χ2n) is 16.1. The fraction of sp³-hybridized carbons (Fsp3) is 0. The lowest BCUT2D eigenvalue weighted by Crippen LogP contribution is -2.01. The van der Waals surface area contributed by atoms with Crippen LogP contribution in [0.3, 0.4) is 0 Å². The van der Waals surface area contributed by atoms with Crippen LogP contribution in [0.25, 0.3) is 111 Å². The van der Waals surface area contributed by atoms with Crippen LogP contribution in [0.1, 0.15) is 0 Å². The lowest BCUT2D eigenvalue weighted by atomic mass is 9.92. The van der Waals surface area contributed by atoms with Gasteiger partial charge in [0.25, 0.3) is 0 Å². The van der Waals surface area contributed by atoms with Crippen molar-refractivity contribution in [2.24, 2.45) is 0 Å². The molecule has 0 aliphatic carbocycles. The molecule has 0 atom stereocenters. The average Bonchev–Trinajstić information content (AvgIpc) is 3.87. The van der Waals surface area contributed by atoms with E-state index < -0.39 is 0 Å². The number of hydrogen-bond acceptors (Lipinski definition) is 0. The summed E-state index contributed by atoms with van der Waals surface area (Å²) in [5, 5.41) is 4.94. The Bertz CT molecular complexity index is 3510. The highest BCUT2D eigenvalue weighted by Crippen LogP contribution is 2.44. The minimum Gasteiger partial charge on any atom is -0.309 e. The maximum Gasteiger partial charge on any atom is 0.0618 e. The molecule has 2 nitrogen and oxygen atoms in total. The highest BCUT2D eigenvalue weighted by Gasteiger charge is 2.22. The molecule has 12 aromatic rings. The summed E-state index contributed by atoms with van der Waals surface area (Å²) < 4.78 is 4.97. The number of rotatable bonds is 7. The molecule has 2 heteroatoms. The van der Waals surface area contributed by atoms with E-state index >= 15 is 0 Å². The Morgan fingerprint density at radius 3 is 1.29 bits per heavy atom. The van der Waals surface area contributed by atoms with Gasteiger partial charge in [-0.2, -0.15) is 0 Å². The first kappa shape index (κ1) is 35.7. The maximum atomic E-state index is 2.52. The Morgan fingerprint density at radius 2 is 0.661 bits per heavy atom. The lowest BCUT2D eigenvalue weighted by Gasteiger charge is -2.20. The van der Waals surface area contributed by atoms with Crippen LogP contribution < -0.4 is 0 Å². The molecule has 0 aliphatic heterocycles. The van der Waals surface area contributed by atoms with E-state index in [-0.39, 0.29) is 0 Å². The van der Waals surface area contributed by atoms with Crippen LogP contribution in [0.4, 0.5) is 0 Å². The third kappa shape index (κ3) is 5.88. The number of para-hydroxylation sites is 3. The molecular weight excluding hydrogens is 749 g/mol. The van der Waals surface area contributed by atoms with Gasteiger partial charge in [0.2, 0.25) is 0 Å². The Hall–Kier alpha value is -8.20. The topological polar surface area (TPSA) is 9.86 Å². The lowest BCUT2D eigenvalue weighted by molar-refractivity contribution is 1.17. The van der Waals surface area contributed by atoms with Crippen LogP contribution in [0.5, 0.6) is 0 Å². The first-order valence-corrected chi connectivity index (χ1v) is 21.3. The first-order valence-electron chi connectivity index (χ1n) is 21.3. The number of nitrogens with zero attached hydrogens (tertiary/aromatic N) is 2. The zero-order valence-electron chi connectivity index (χ0n) is 34.0.